The number of rotatable bonds is 10. The Kier molecular flexibility index (Phi) is 9.84. The Hall–Kier alpha value is -3.31. The maximum atomic E-state index is 13.6. The minimum absolute atomic E-state index is 0.0182. The lowest BCUT2D eigenvalue weighted by Crippen LogP contribution is -2.57. The average molecular weight is 559 g/mol. The predicted molar refractivity (Wildman–Crippen MR) is 148 cm³/mol. The van der Waals surface area contributed by atoms with E-state index >= 15 is 0 Å². The van der Waals surface area contributed by atoms with Crippen LogP contribution in [0.1, 0.15) is 70.7 Å². The van der Waals surface area contributed by atoms with Crippen molar-refractivity contribution >= 4 is 35.0 Å². The van der Waals surface area contributed by atoms with Gasteiger partial charge in [-0.2, -0.15) is 0 Å². The van der Waals surface area contributed by atoms with Gasteiger partial charge in [0, 0.05) is 25.8 Å². The molecule has 4 atom stereocenters. The second kappa shape index (κ2) is 12.7. The van der Waals surface area contributed by atoms with Crippen LogP contribution in [0, 0.1) is 12.3 Å². The molecule has 1 aliphatic heterocycles. The summed E-state index contributed by atoms with van der Waals surface area (Å²) in [5.41, 5.74) is 4.03. The first-order chi connectivity index (χ1) is 18.3. The Morgan fingerprint density at radius 3 is 2.36 bits per heavy atom. The molecule has 212 valence electrons. The molecule has 39 heavy (non-hydrogen) atoms. The number of nitrogens with zero attached hydrogens (tertiary/aromatic N) is 2. The second-order valence-corrected chi connectivity index (χ2v) is 12.0. The minimum Gasteiger partial charge on any atom is -0.481 e. The summed E-state index contributed by atoms with van der Waals surface area (Å²) in [6.07, 6.45) is -0.792. The number of amides is 3. The number of hydrogen-bond donors (Lipinski definition) is 4. The van der Waals surface area contributed by atoms with Crippen LogP contribution in [0.15, 0.2) is 29.8 Å². The van der Waals surface area contributed by atoms with E-state index in [4.69, 9.17) is 5.11 Å². The molecule has 1 fully saturated rings. The number of carboxylic acid groups (broad SMARTS) is 1. The molecule has 3 amide bonds. The van der Waals surface area contributed by atoms with E-state index in [0.717, 1.165) is 21.7 Å². The van der Waals surface area contributed by atoms with Crippen LogP contribution in [0.3, 0.4) is 0 Å². The van der Waals surface area contributed by atoms with Crippen molar-refractivity contribution in [2.24, 2.45) is 5.41 Å². The number of carbonyl (C=O) groups excluding carboxylic acids is 3. The summed E-state index contributed by atoms with van der Waals surface area (Å²) in [5.74, 6) is -2.26. The fraction of sp³-hybridized carbons (Fsp3) is 0.536. The molecule has 11 heteroatoms. The molecule has 3 rings (SSSR count). The van der Waals surface area contributed by atoms with Gasteiger partial charge in [-0.25, -0.2) is 4.98 Å². The number of aryl methyl sites for hydroxylation is 1. The van der Waals surface area contributed by atoms with Gasteiger partial charge in [-0.05, 0) is 36.8 Å². The number of benzene rings is 1. The fourth-order valence-corrected chi connectivity index (χ4v) is 5.46. The zero-order chi connectivity index (χ0) is 28.9. The van der Waals surface area contributed by atoms with E-state index < -0.39 is 41.4 Å². The number of β-amino-alcohol motifs (C(OH)–C–C–N with tert-alkyl or cyclic N) is 1. The highest BCUT2D eigenvalue weighted by molar-refractivity contribution is 7.13. The quantitative estimate of drug-likeness (QED) is 0.350. The number of aliphatic carboxylic acids is 1. The standard InChI is InChI=1S/C28H38N4O6S/c1-16(18-9-11-19(12-10-18)24-17(2)29-15-39-24)30-26(37)21-13-20(33)14-32(21)27(38)25(28(3,4)5)31-22(34)7-6-8-23(35)36/h9-12,15-16,20-21,25,33H,6-8,13-14H2,1-5H3,(H,30,37)(H,31,34)(H,35,36). The zero-order valence-corrected chi connectivity index (χ0v) is 23.9. The molecule has 4 N–H and O–H groups in total. The molecule has 0 saturated carbocycles. The van der Waals surface area contributed by atoms with Crippen LogP contribution in [0.25, 0.3) is 10.4 Å². The molecule has 0 bridgehead atoms. The third kappa shape index (κ3) is 7.86. The normalized spacial score (nSPS) is 18.9. The van der Waals surface area contributed by atoms with Crippen LogP contribution >= 0.6 is 11.3 Å². The lowest BCUT2D eigenvalue weighted by molar-refractivity contribution is -0.144. The first-order valence-electron chi connectivity index (χ1n) is 13.1. The maximum Gasteiger partial charge on any atom is 0.303 e. The third-order valence-electron chi connectivity index (χ3n) is 6.85. The molecule has 0 radical (unpaired) electrons. The molecule has 2 heterocycles. The van der Waals surface area contributed by atoms with Gasteiger partial charge in [-0.3, -0.25) is 19.2 Å². The van der Waals surface area contributed by atoms with E-state index in [1.807, 2.05) is 38.1 Å². The summed E-state index contributed by atoms with van der Waals surface area (Å²) in [7, 11) is 0. The summed E-state index contributed by atoms with van der Waals surface area (Å²) < 4.78 is 0. The molecular formula is C28H38N4O6S. The number of aliphatic hydroxyl groups is 1. The van der Waals surface area contributed by atoms with Crippen molar-refractivity contribution in [2.75, 3.05) is 6.54 Å². The topological polar surface area (TPSA) is 149 Å². The van der Waals surface area contributed by atoms with Gasteiger partial charge in [0.05, 0.1) is 28.2 Å². The molecular weight excluding hydrogens is 520 g/mol. The first-order valence-corrected chi connectivity index (χ1v) is 14.0. The Morgan fingerprint density at radius 2 is 1.79 bits per heavy atom. The Labute approximate surface area is 232 Å². The fourth-order valence-electron chi connectivity index (χ4n) is 4.65. The number of aliphatic hydroxyl groups excluding tert-OH is 1. The summed E-state index contributed by atoms with van der Waals surface area (Å²) >= 11 is 1.57. The van der Waals surface area contributed by atoms with E-state index in [0.29, 0.717) is 0 Å². The van der Waals surface area contributed by atoms with Crippen molar-refractivity contribution < 1.29 is 29.4 Å². The number of aromatic nitrogens is 1. The number of carboxylic acids is 1. The van der Waals surface area contributed by atoms with Gasteiger partial charge in [0.25, 0.3) is 0 Å². The first kappa shape index (κ1) is 30.2. The highest BCUT2D eigenvalue weighted by atomic mass is 32.1. The molecule has 0 aliphatic carbocycles. The zero-order valence-electron chi connectivity index (χ0n) is 23.1. The van der Waals surface area contributed by atoms with Crippen LogP contribution in [0.2, 0.25) is 0 Å². The van der Waals surface area contributed by atoms with E-state index in [2.05, 4.69) is 15.6 Å². The second-order valence-electron chi connectivity index (χ2n) is 11.1. The largest absolute Gasteiger partial charge is 0.481 e. The SMILES string of the molecule is Cc1ncsc1-c1ccc(C(C)NC(=O)C2CC(O)CN2C(=O)C(NC(=O)CCCC(=O)O)C(C)(C)C)cc1. The third-order valence-corrected chi connectivity index (χ3v) is 7.83. The lowest BCUT2D eigenvalue weighted by atomic mass is 9.85. The van der Waals surface area contributed by atoms with Crippen LogP contribution in [0.4, 0.5) is 0 Å². The van der Waals surface area contributed by atoms with Crippen molar-refractivity contribution in [3.8, 4) is 10.4 Å². The Bertz CT molecular complexity index is 1190. The highest BCUT2D eigenvalue weighted by Gasteiger charge is 2.44. The summed E-state index contributed by atoms with van der Waals surface area (Å²) in [5, 5.41) is 24.9. The van der Waals surface area contributed by atoms with Gasteiger partial charge >= 0.3 is 5.97 Å². The Morgan fingerprint density at radius 1 is 1.13 bits per heavy atom. The van der Waals surface area contributed by atoms with E-state index in [1.54, 1.807) is 37.6 Å². The molecule has 1 aliphatic rings. The molecule has 1 aromatic carbocycles. The molecule has 10 nitrogen and oxygen atoms in total. The number of carbonyl (C=O) groups is 4. The van der Waals surface area contributed by atoms with Crippen molar-refractivity contribution in [1.82, 2.24) is 20.5 Å². The maximum absolute atomic E-state index is 13.6. The van der Waals surface area contributed by atoms with Crippen LogP contribution in [-0.4, -0.2) is 68.5 Å². The number of likely N-dealkylation sites (tertiary alicyclic amines) is 1. The smallest absolute Gasteiger partial charge is 0.303 e. The van der Waals surface area contributed by atoms with E-state index in [-0.39, 0.29) is 44.2 Å². The van der Waals surface area contributed by atoms with Crippen LogP contribution in [0.5, 0.6) is 0 Å². The summed E-state index contributed by atoms with van der Waals surface area (Å²) in [6, 6.07) is 5.69. The number of hydrogen-bond acceptors (Lipinski definition) is 7. The van der Waals surface area contributed by atoms with Crippen molar-refractivity contribution in [3.05, 3.63) is 41.0 Å². The van der Waals surface area contributed by atoms with E-state index in [9.17, 15) is 24.3 Å². The monoisotopic (exact) mass is 558 g/mol. The van der Waals surface area contributed by atoms with Gasteiger partial charge < -0.3 is 25.7 Å². The molecule has 4 unspecified atom stereocenters. The van der Waals surface area contributed by atoms with Crippen molar-refractivity contribution in [1.29, 1.82) is 0 Å². The van der Waals surface area contributed by atoms with Crippen molar-refractivity contribution in [2.45, 2.75) is 84.5 Å². The van der Waals surface area contributed by atoms with Gasteiger partial charge in [0.2, 0.25) is 17.7 Å². The molecule has 1 aromatic heterocycles. The van der Waals surface area contributed by atoms with E-state index in [1.165, 1.54) is 4.90 Å². The summed E-state index contributed by atoms with van der Waals surface area (Å²) in [4.78, 5) is 56.9. The molecule has 0 spiro atoms. The van der Waals surface area contributed by atoms with Crippen LogP contribution in [-0.2, 0) is 19.2 Å². The Balaban J connectivity index is 1.69. The summed E-state index contributed by atoms with van der Waals surface area (Å²) in [6.45, 7) is 9.20. The van der Waals surface area contributed by atoms with Gasteiger partial charge in [0.15, 0.2) is 0 Å². The van der Waals surface area contributed by atoms with Gasteiger partial charge in [-0.15, -0.1) is 11.3 Å². The van der Waals surface area contributed by atoms with Gasteiger partial charge in [0.1, 0.15) is 12.1 Å². The average Bonchev–Trinajstić information content (AvgIpc) is 3.46. The number of nitrogens with one attached hydrogen (secondary N) is 2. The van der Waals surface area contributed by atoms with Crippen molar-refractivity contribution in [3.63, 3.8) is 0 Å². The van der Waals surface area contributed by atoms with Gasteiger partial charge in [-0.1, -0.05) is 45.0 Å². The molecule has 2 aromatic rings. The minimum atomic E-state index is -0.994. The van der Waals surface area contributed by atoms with Crippen LogP contribution < -0.4 is 10.6 Å². The lowest BCUT2D eigenvalue weighted by Gasteiger charge is -2.35. The number of thiazole rings is 1. The molecule has 1 saturated heterocycles. The predicted octanol–water partition coefficient (Wildman–Crippen LogP) is 3.04. The highest BCUT2D eigenvalue weighted by Crippen LogP contribution is 2.29.